The minimum Gasteiger partial charge on any atom is -0.352 e. The van der Waals surface area contributed by atoms with Crippen LogP contribution in [0.15, 0.2) is 24.3 Å². The number of carbonyl (C=O) groups excluding carboxylic acids is 1. The van der Waals surface area contributed by atoms with Crippen molar-refractivity contribution in [3.63, 3.8) is 0 Å². The van der Waals surface area contributed by atoms with Crippen LogP contribution in [0.25, 0.3) is 0 Å². The van der Waals surface area contributed by atoms with Crippen molar-refractivity contribution >= 4 is 27.5 Å². The molecule has 1 amide bonds. The van der Waals surface area contributed by atoms with E-state index in [-0.39, 0.29) is 23.5 Å². The third kappa shape index (κ3) is 4.83. The van der Waals surface area contributed by atoms with Crippen molar-refractivity contribution in [2.24, 2.45) is 0 Å². The maximum Gasteiger partial charge on any atom is 0.230 e. The highest BCUT2D eigenvalue weighted by molar-refractivity contribution is 7.99. The van der Waals surface area contributed by atoms with Gasteiger partial charge in [-0.3, -0.25) is 4.79 Å². The molecule has 0 aromatic heterocycles. The minimum absolute atomic E-state index is 0.0794. The smallest absolute Gasteiger partial charge is 0.230 e. The summed E-state index contributed by atoms with van der Waals surface area (Å²) in [4.78, 5) is 11.7. The Kier molecular flexibility index (Phi) is 5.10. The van der Waals surface area contributed by atoms with Crippen molar-refractivity contribution < 1.29 is 13.2 Å². The second kappa shape index (κ2) is 6.63. The monoisotopic (exact) mass is 313 g/mol. The highest BCUT2D eigenvalue weighted by Gasteiger charge is 2.28. The number of carbonyl (C=O) groups is 1. The fourth-order valence-electron chi connectivity index (χ4n) is 2.12. The molecule has 6 heteroatoms. The zero-order valence-electron chi connectivity index (χ0n) is 11.5. The van der Waals surface area contributed by atoms with Crippen LogP contribution in [0.3, 0.4) is 0 Å². The Hall–Kier alpha value is -1.01. The van der Waals surface area contributed by atoms with Crippen LogP contribution in [0.5, 0.6) is 0 Å². The molecule has 1 aliphatic rings. The Morgan fingerprint density at radius 1 is 1.35 bits per heavy atom. The van der Waals surface area contributed by atoms with E-state index in [1.807, 2.05) is 6.92 Å². The molecule has 0 unspecified atom stereocenters. The van der Waals surface area contributed by atoms with Crippen LogP contribution >= 0.6 is 11.8 Å². The standard InChI is InChI=1S/C14H19NO3S2/c1-11-2-4-12(5-3-11)8-19-9-14(16)15-13-6-7-20(17,18)10-13/h2-5,13H,6-10H2,1H3,(H,15,16)/t13-/m0/s1. The summed E-state index contributed by atoms with van der Waals surface area (Å²) in [5, 5.41) is 2.79. The van der Waals surface area contributed by atoms with E-state index in [0.29, 0.717) is 12.2 Å². The van der Waals surface area contributed by atoms with Crippen molar-refractivity contribution in [3.8, 4) is 0 Å². The molecule has 20 heavy (non-hydrogen) atoms. The Labute approximate surface area is 124 Å². The summed E-state index contributed by atoms with van der Waals surface area (Å²) in [6.07, 6.45) is 0.538. The maximum atomic E-state index is 11.7. The van der Waals surface area contributed by atoms with Crippen LogP contribution in [-0.4, -0.2) is 37.6 Å². The van der Waals surface area contributed by atoms with Gasteiger partial charge in [-0.1, -0.05) is 29.8 Å². The van der Waals surface area contributed by atoms with Crippen molar-refractivity contribution in [3.05, 3.63) is 35.4 Å². The zero-order valence-corrected chi connectivity index (χ0v) is 13.1. The van der Waals surface area contributed by atoms with Gasteiger partial charge in [0, 0.05) is 11.8 Å². The van der Waals surface area contributed by atoms with Crippen LogP contribution < -0.4 is 5.32 Å². The first kappa shape index (κ1) is 15.4. The van der Waals surface area contributed by atoms with Crippen molar-refractivity contribution in [2.45, 2.75) is 25.1 Å². The molecule has 1 aromatic carbocycles. The highest BCUT2D eigenvalue weighted by atomic mass is 32.2. The van der Waals surface area contributed by atoms with Gasteiger partial charge in [0.25, 0.3) is 0 Å². The Bertz CT molecular complexity index is 567. The van der Waals surface area contributed by atoms with Gasteiger partial charge in [0.2, 0.25) is 5.91 Å². The average Bonchev–Trinajstić information content (AvgIpc) is 2.71. The molecule has 1 aromatic rings. The second-order valence-corrected chi connectivity index (χ2v) is 8.36. The van der Waals surface area contributed by atoms with Crippen molar-refractivity contribution in [1.82, 2.24) is 5.32 Å². The first-order valence-corrected chi connectivity index (χ1v) is 9.55. The van der Waals surface area contributed by atoms with Crippen LogP contribution in [0.1, 0.15) is 17.5 Å². The first-order chi connectivity index (χ1) is 9.44. The lowest BCUT2D eigenvalue weighted by atomic mass is 10.2. The molecule has 110 valence electrons. The van der Waals surface area contributed by atoms with E-state index in [1.54, 1.807) is 11.8 Å². The van der Waals surface area contributed by atoms with Gasteiger partial charge in [-0.15, -0.1) is 11.8 Å². The molecule has 0 aliphatic carbocycles. The van der Waals surface area contributed by atoms with Crippen LogP contribution in [0, 0.1) is 6.92 Å². The molecular formula is C14H19NO3S2. The molecule has 1 N–H and O–H groups in total. The summed E-state index contributed by atoms with van der Waals surface area (Å²) in [6, 6.07) is 8.03. The van der Waals surface area contributed by atoms with E-state index in [2.05, 4.69) is 29.6 Å². The third-order valence-electron chi connectivity index (χ3n) is 3.22. The third-order valence-corrected chi connectivity index (χ3v) is 5.99. The van der Waals surface area contributed by atoms with Gasteiger partial charge in [-0.05, 0) is 18.9 Å². The van der Waals surface area contributed by atoms with Gasteiger partial charge in [-0.2, -0.15) is 0 Å². The quantitative estimate of drug-likeness (QED) is 0.895. The molecule has 0 saturated carbocycles. The summed E-state index contributed by atoms with van der Waals surface area (Å²) in [5.74, 6) is 1.35. The Balaban J connectivity index is 1.69. The van der Waals surface area contributed by atoms with Crippen LogP contribution in [0.4, 0.5) is 0 Å². The first-order valence-electron chi connectivity index (χ1n) is 6.58. The Morgan fingerprint density at radius 2 is 2.05 bits per heavy atom. The largest absolute Gasteiger partial charge is 0.352 e. The summed E-state index contributed by atoms with van der Waals surface area (Å²) in [6.45, 7) is 2.04. The lowest BCUT2D eigenvalue weighted by molar-refractivity contribution is -0.119. The summed E-state index contributed by atoms with van der Waals surface area (Å²) in [7, 11) is -2.93. The molecule has 0 bridgehead atoms. The van der Waals surface area contributed by atoms with Gasteiger partial charge < -0.3 is 5.32 Å². The SMILES string of the molecule is Cc1ccc(CSCC(=O)N[C@H]2CCS(=O)(=O)C2)cc1. The van der Waals surface area contributed by atoms with Gasteiger partial charge in [0.1, 0.15) is 0 Å². The second-order valence-electron chi connectivity index (χ2n) is 5.15. The van der Waals surface area contributed by atoms with E-state index in [4.69, 9.17) is 0 Å². The number of aryl methyl sites for hydroxylation is 1. The molecular weight excluding hydrogens is 294 g/mol. The minimum atomic E-state index is -2.93. The van der Waals surface area contributed by atoms with E-state index in [0.717, 1.165) is 5.75 Å². The molecule has 1 saturated heterocycles. The number of amides is 1. The number of sulfone groups is 1. The lowest BCUT2D eigenvalue weighted by Gasteiger charge is -2.10. The molecule has 1 fully saturated rings. The van der Waals surface area contributed by atoms with E-state index < -0.39 is 9.84 Å². The number of hydrogen-bond donors (Lipinski definition) is 1. The summed E-state index contributed by atoms with van der Waals surface area (Å²) >= 11 is 1.54. The predicted octanol–water partition coefficient (Wildman–Crippen LogP) is 1.53. The molecule has 4 nitrogen and oxygen atoms in total. The van der Waals surface area contributed by atoms with Crippen molar-refractivity contribution in [1.29, 1.82) is 0 Å². The van der Waals surface area contributed by atoms with Gasteiger partial charge >= 0.3 is 0 Å². The number of thioether (sulfide) groups is 1. The van der Waals surface area contributed by atoms with Gasteiger partial charge in [0.15, 0.2) is 9.84 Å². The van der Waals surface area contributed by atoms with Gasteiger partial charge in [0.05, 0.1) is 17.3 Å². The number of benzene rings is 1. The molecule has 1 heterocycles. The summed E-state index contributed by atoms with van der Waals surface area (Å²) < 4.78 is 22.6. The fourth-order valence-corrected chi connectivity index (χ4v) is 4.60. The van der Waals surface area contributed by atoms with Crippen molar-refractivity contribution in [2.75, 3.05) is 17.3 Å². The molecule has 0 spiro atoms. The predicted molar refractivity (Wildman–Crippen MR) is 82.5 cm³/mol. The maximum absolute atomic E-state index is 11.7. The average molecular weight is 313 g/mol. The van der Waals surface area contributed by atoms with E-state index in [9.17, 15) is 13.2 Å². The number of rotatable bonds is 5. The van der Waals surface area contributed by atoms with E-state index in [1.165, 1.54) is 11.1 Å². The molecule has 1 atom stereocenters. The van der Waals surface area contributed by atoms with Crippen LogP contribution in [0.2, 0.25) is 0 Å². The normalized spacial score (nSPS) is 20.8. The van der Waals surface area contributed by atoms with Crippen LogP contribution in [-0.2, 0) is 20.4 Å². The van der Waals surface area contributed by atoms with Gasteiger partial charge in [-0.25, -0.2) is 8.42 Å². The highest BCUT2D eigenvalue weighted by Crippen LogP contribution is 2.14. The summed E-state index contributed by atoms with van der Waals surface area (Å²) in [5.41, 5.74) is 2.41. The molecule has 1 aliphatic heterocycles. The Morgan fingerprint density at radius 3 is 2.65 bits per heavy atom. The number of nitrogens with one attached hydrogen (secondary N) is 1. The number of hydrogen-bond acceptors (Lipinski definition) is 4. The fraction of sp³-hybridized carbons (Fsp3) is 0.500. The zero-order chi connectivity index (χ0) is 14.6. The topological polar surface area (TPSA) is 63.2 Å². The lowest BCUT2D eigenvalue weighted by Crippen LogP contribution is -2.36. The van der Waals surface area contributed by atoms with E-state index >= 15 is 0 Å². The molecule has 0 radical (unpaired) electrons. The molecule has 2 rings (SSSR count).